The van der Waals surface area contributed by atoms with Gasteiger partial charge in [0.2, 0.25) is 11.9 Å². The van der Waals surface area contributed by atoms with Crippen molar-refractivity contribution in [3.8, 4) is 6.07 Å². The van der Waals surface area contributed by atoms with Crippen LogP contribution in [0.2, 0.25) is 0 Å². The fraction of sp³-hybridized carbons (Fsp3) is 0.550. The fourth-order valence-electron chi connectivity index (χ4n) is 3.98. The second-order valence-corrected chi connectivity index (χ2v) is 8.58. The van der Waals surface area contributed by atoms with E-state index in [9.17, 15) is 15.2 Å². The van der Waals surface area contributed by atoms with Gasteiger partial charge in [-0.3, -0.25) is 14.4 Å². The highest BCUT2D eigenvalue weighted by atomic mass is 16.3. The van der Waals surface area contributed by atoms with Crippen molar-refractivity contribution in [3.05, 3.63) is 24.7 Å². The Balaban J connectivity index is 1.56. The first-order valence-corrected chi connectivity index (χ1v) is 9.81. The average molecular weight is 395 g/mol. The van der Waals surface area contributed by atoms with E-state index in [1.165, 1.54) is 0 Å². The molecule has 9 nitrogen and oxygen atoms in total. The number of rotatable bonds is 6. The standard InChI is InChI=1S/C20H25N7O2/c1-13-9-26(17(29)20(13,11-21)14-4-5-14)16-6-7-22-18(25-16)24-15-8-23-27(10-15)19(2,3)12-28/h6-8,10,13-14,28H,4-5,9,12H2,1-3H3,(H,22,24,25)/t13-,20+/m0/s1. The summed E-state index contributed by atoms with van der Waals surface area (Å²) in [5.74, 6) is 0.778. The topological polar surface area (TPSA) is 120 Å². The van der Waals surface area contributed by atoms with Crippen molar-refractivity contribution in [1.82, 2.24) is 19.7 Å². The molecule has 4 rings (SSSR count). The van der Waals surface area contributed by atoms with Crippen LogP contribution < -0.4 is 10.2 Å². The Hall–Kier alpha value is -2.99. The van der Waals surface area contributed by atoms with Crippen molar-refractivity contribution in [3.63, 3.8) is 0 Å². The molecule has 2 aliphatic rings. The number of carbonyl (C=O) groups excluding carboxylic acids is 1. The van der Waals surface area contributed by atoms with Gasteiger partial charge >= 0.3 is 0 Å². The van der Waals surface area contributed by atoms with E-state index in [2.05, 4.69) is 26.5 Å². The van der Waals surface area contributed by atoms with Crippen LogP contribution >= 0.6 is 0 Å². The molecule has 0 radical (unpaired) electrons. The Kier molecular flexibility index (Phi) is 4.54. The largest absolute Gasteiger partial charge is 0.394 e. The van der Waals surface area contributed by atoms with Gasteiger partial charge < -0.3 is 10.4 Å². The van der Waals surface area contributed by atoms with E-state index in [0.717, 1.165) is 12.8 Å². The van der Waals surface area contributed by atoms with Crippen molar-refractivity contribution < 1.29 is 9.90 Å². The first kappa shape index (κ1) is 19.3. The van der Waals surface area contributed by atoms with Gasteiger partial charge in [-0.15, -0.1) is 0 Å². The Labute approximate surface area is 169 Å². The van der Waals surface area contributed by atoms with Crippen molar-refractivity contribution in [2.45, 2.75) is 39.2 Å². The number of nitriles is 1. The first-order valence-electron chi connectivity index (χ1n) is 9.81. The van der Waals surface area contributed by atoms with E-state index >= 15 is 0 Å². The molecule has 29 heavy (non-hydrogen) atoms. The van der Waals surface area contributed by atoms with Gasteiger partial charge in [-0.1, -0.05) is 6.92 Å². The highest BCUT2D eigenvalue weighted by molar-refractivity contribution is 6.02. The van der Waals surface area contributed by atoms with Crippen LogP contribution in [0, 0.1) is 28.6 Å². The molecule has 1 saturated heterocycles. The molecule has 3 heterocycles. The van der Waals surface area contributed by atoms with Gasteiger partial charge in [0, 0.05) is 24.9 Å². The molecule has 2 aromatic rings. The zero-order valence-corrected chi connectivity index (χ0v) is 16.8. The molecule has 0 bridgehead atoms. The molecular formula is C20H25N7O2. The summed E-state index contributed by atoms with van der Waals surface area (Å²) >= 11 is 0. The third kappa shape index (κ3) is 3.13. The molecule has 0 aromatic carbocycles. The molecule has 2 atom stereocenters. The lowest BCUT2D eigenvalue weighted by molar-refractivity contribution is -0.124. The molecular weight excluding hydrogens is 370 g/mol. The predicted molar refractivity (Wildman–Crippen MR) is 106 cm³/mol. The molecule has 1 aliphatic carbocycles. The number of aliphatic hydroxyl groups excluding tert-OH is 1. The Morgan fingerprint density at radius 3 is 2.86 bits per heavy atom. The fourth-order valence-corrected chi connectivity index (χ4v) is 3.98. The summed E-state index contributed by atoms with van der Waals surface area (Å²) in [7, 11) is 0. The molecule has 2 N–H and O–H groups in total. The van der Waals surface area contributed by atoms with E-state index in [0.29, 0.717) is 24.0 Å². The maximum absolute atomic E-state index is 13.2. The highest BCUT2D eigenvalue weighted by Crippen LogP contribution is 2.54. The second-order valence-electron chi connectivity index (χ2n) is 8.58. The van der Waals surface area contributed by atoms with Crippen LogP contribution in [0.1, 0.15) is 33.6 Å². The SMILES string of the molecule is C[C@H]1CN(c2ccnc(Nc3cnn(C(C)(C)CO)c3)n2)C(=O)[C@@]1(C#N)C1CC1. The van der Waals surface area contributed by atoms with Crippen molar-refractivity contribution in [1.29, 1.82) is 5.26 Å². The van der Waals surface area contributed by atoms with Crippen LogP contribution in [-0.2, 0) is 10.3 Å². The van der Waals surface area contributed by atoms with Gasteiger partial charge in [0.05, 0.1) is 30.1 Å². The summed E-state index contributed by atoms with van der Waals surface area (Å²) in [6.07, 6.45) is 6.85. The molecule has 0 spiro atoms. The quantitative estimate of drug-likeness (QED) is 0.768. The number of carbonyl (C=O) groups is 1. The summed E-state index contributed by atoms with van der Waals surface area (Å²) < 4.78 is 1.67. The molecule has 0 unspecified atom stereocenters. The van der Waals surface area contributed by atoms with Crippen LogP contribution in [0.25, 0.3) is 0 Å². The van der Waals surface area contributed by atoms with Gasteiger partial charge in [-0.05, 0) is 38.7 Å². The highest BCUT2D eigenvalue weighted by Gasteiger charge is 2.61. The molecule has 1 amide bonds. The Morgan fingerprint density at radius 1 is 1.45 bits per heavy atom. The van der Waals surface area contributed by atoms with Gasteiger partial charge in [-0.2, -0.15) is 15.3 Å². The summed E-state index contributed by atoms with van der Waals surface area (Å²) in [4.78, 5) is 23.5. The lowest BCUT2D eigenvalue weighted by Crippen LogP contribution is -2.37. The van der Waals surface area contributed by atoms with E-state index in [-0.39, 0.29) is 24.3 Å². The van der Waals surface area contributed by atoms with Gasteiger partial charge in [0.15, 0.2) is 0 Å². The van der Waals surface area contributed by atoms with Gasteiger partial charge in [-0.25, -0.2) is 4.98 Å². The smallest absolute Gasteiger partial charge is 0.249 e. The number of aromatic nitrogens is 4. The minimum Gasteiger partial charge on any atom is -0.394 e. The number of amides is 1. The van der Waals surface area contributed by atoms with Crippen LogP contribution in [0.4, 0.5) is 17.5 Å². The number of hydrogen-bond acceptors (Lipinski definition) is 7. The van der Waals surface area contributed by atoms with Crippen molar-refractivity contribution in [2.75, 3.05) is 23.4 Å². The summed E-state index contributed by atoms with van der Waals surface area (Å²) in [6, 6.07) is 4.02. The molecule has 2 aromatic heterocycles. The lowest BCUT2D eigenvalue weighted by atomic mass is 9.75. The summed E-state index contributed by atoms with van der Waals surface area (Å²) in [5, 5.41) is 26.7. The minimum atomic E-state index is -0.935. The van der Waals surface area contributed by atoms with E-state index in [1.54, 1.807) is 34.2 Å². The third-order valence-corrected chi connectivity index (χ3v) is 6.00. The first-order chi connectivity index (χ1) is 13.8. The van der Waals surface area contributed by atoms with Gasteiger partial charge in [0.1, 0.15) is 11.2 Å². The third-order valence-electron chi connectivity index (χ3n) is 6.00. The molecule has 152 valence electrons. The van der Waals surface area contributed by atoms with E-state index in [4.69, 9.17) is 0 Å². The second kappa shape index (κ2) is 6.81. The average Bonchev–Trinajstić information content (AvgIpc) is 3.38. The number of nitrogens with one attached hydrogen (secondary N) is 1. The van der Waals surface area contributed by atoms with Crippen LogP contribution in [0.3, 0.4) is 0 Å². The van der Waals surface area contributed by atoms with Crippen LogP contribution in [-0.4, -0.2) is 43.9 Å². The zero-order chi connectivity index (χ0) is 20.8. The van der Waals surface area contributed by atoms with Crippen molar-refractivity contribution >= 4 is 23.4 Å². The van der Waals surface area contributed by atoms with Crippen LogP contribution in [0.15, 0.2) is 24.7 Å². The zero-order valence-electron chi connectivity index (χ0n) is 16.8. The number of anilines is 3. The number of hydrogen-bond donors (Lipinski definition) is 2. The van der Waals surface area contributed by atoms with Crippen molar-refractivity contribution in [2.24, 2.45) is 17.3 Å². The Morgan fingerprint density at radius 2 is 2.21 bits per heavy atom. The van der Waals surface area contributed by atoms with E-state index in [1.807, 2.05) is 20.8 Å². The maximum atomic E-state index is 13.2. The maximum Gasteiger partial charge on any atom is 0.249 e. The molecule has 1 aliphatic heterocycles. The van der Waals surface area contributed by atoms with Crippen LogP contribution in [0.5, 0.6) is 0 Å². The number of nitrogens with zero attached hydrogens (tertiary/aromatic N) is 6. The molecule has 9 heteroatoms. The normalized spacial score (nSPS) is 24.6. The molecule has 2 fully saturated rings. The minimum absolute atomic E-state index is 0.0437. The lowest BCUT2D eigenvalue weighted by Gasteiger charge is -2.22. The van der Waals surface area contributed by atoms with Gasteiger partial charge in [0.25, 0.3) is 0 Å². The summed E-state index contributed by atoms with van der Waals surface area (Å²) in [5.41, 5.74) is -0.783. The predicted octanol–water partition coefficient (Wildman–Crippen LogP) is 2.05. The number of aliphatic hydroxyl groups is 1. The summed E-state index contributed by atoms with van der Waals surface area (Å²) in [6.45, 7) is 6.15. The van der Waals surface area contributed by atoms with E-state index < -0.39 is 11.0 Å². The Bertz CT molecular complexity index is 975. The monoisotopic (exact) mass is 395 g/mol. The molecule has 1 saturated carbocycles.